The summed E-state index contributed by atoms with van der Waals surface area (Å²) in [5.74, 6) is 0. The highest BCUT2D eigenvalue weighted by Crippen LogP contribution is 2.20. The molecule has 1 aromatic heterocycles. The van der Waals surface area contributed by atoms with E-state index in [2.05, 4.69) is 29.1 Å². The molecule has 0 aliphatic carbocycles. The van der Waals surface area contributed by atoms with Gasteiger partial charge in [0.15, 0.2) is 0 Å². The lowest BCUT2D eigenvalue weighted by atomic mass is 10.1. The summed E-state index contributed by atoms with van der Waals surface area (Å²) in [4.78, 5) is 6.96. The first-order valence-electron chi connectivity index (χ1n) is 6.02. The maximum Gasteiger partial charge on any atom is 0.109 e. The topological polar surface area (TPSA) is 51.4 Å². The summed E-state index contributed by atoms with van der Waals surface area (Å²) < 4.78 is 5.70. The Kier molecular flexibility index (Phi) is 3.82. The second-order valence-corrected chi connectivity index (χ2v) is 6.17. The Balaban J connectivity index is 1.95. The van der Waals surface area contributed by atoms with Crippen LogP contribution in [0.15, 0.2) is 5.38 Å². The van der Waals surface area contributed by atoms with Gasteiger partial charge in [-0.05, 0) is 20.8 Å². The van der Waals surface area contributed by atoms with Crippen molar-refractivity contribution in [2.24, 2.45) is 5.73 Å². The lowest BCUT2D eigenvalue weighted by Crippen LogP contribution is -2.47. The third kappa shape index (κ3) is 3.48. The predicted octanol–water partition coefficient (Wildman–Crippen LogP) is 1.77. The molecular formula is C12H21N3OS. The highest BCUT2D eigenvalue weighted by molar-refractivity contribution is 7.09. The Morgan fingerprint density at radius 1 is 1.65 bits per heavy atom. The number of nitrogens with two attached hydrogens (primary N) is 1. The molecule has 1 aliphatic heterocycles. The number of nitrogens with zero attached hydrogens (tertiary/aromatic N) is 2. The van der Waals surface area contributed by atoms with Crippen molar-refractivity contribution < 1.29 is 4.74 Å². The molecule has 1 atom stereocenters. The van der Waals surface area contributed by atoms with Crippen LogP contribution in [0.4, 0.5) is 0 Å². The van der Waals surface area contributed by atoms with E-state index in [1.54, 1.807) is 11.3 Å². The Bertz CT molecular complexity index is 376. The molecule has 2 N–H and O–H groups in total. The molecule has 1 aliphatic rings. The predicted molar refractivity (Wildman–Crippen MR) is 70.0 cm³/mol. The fourth-order valence-electron chi connectivity index (χ4n) is 2.08. The summed E-state index contributed by atoms with van der Waals surface area (Å²) in [5.41, 5.74) is 6.90. The smallest absolute Gasteiger partial charge is 0.109 e. The van der Waals surface area contributed by atoms with Crippen molar-refractivity contribution >= 4 is 11.3 Å². The fraction of sp³-hybridized carbons (Fsp3) is 0.750. The van der Waals surface area contributed by atoms with Crippen LogP contribution in [0.2, 0.25) is 0 Å². The highest BCUT2D eigenvalue weighted by atomic mass is 32.1. The molecular weight excluding hydrogens is 234 g/mol. The summed E-state index contributed by atoms with van der Waals surface area (Å²) in [7, 11) is 0. The van der Waals surface area contributed by atoms with Crippen LogP contribution in [0.3, 0.4) is 0 Å². The van der Waals surface area contributed by atoms with Crippen molar-refractivity contribution in [2.45, 2.75) is 39.0 Å². The van der Waals surface area contributed by atoms with Crippen molar-refractivity contribution in [1.29, 1.82) is 0 Å². The highest BCUT2D eigenvalue weighted by Gasteiger charge is 2.27. The van der Waals surface area contributed by atoms with Gasteiger partial charge in [0, 0.05) is 25.0 Å². The standard InChI is InChI=1S/C12H21N3OS/c1-9(13)11-14-10(7-17-11)6-15-4-5-16-12(2,3)8-15/h7,9H,4-6,8,13H2,1-3H3. The van der Waals surface area contributed by atoms with Gasteiger partial charge in [-0.2, -0.15) is 0 Å². The number of rotatable bonds is 3. The largest absolute Gasteiger partial charge is 0.373 e. The Labute approximate surface area is 107 Å². The minimum Gasteiger partial charge on any atom is -0.373 e. The van der Waals surface area contributed by atoms with Crippen LogP contribution in [0.5, 0.6) is 0 Å². The molecule has 17 heavy (non-hydrogen) atoms. The quantitative estimate of drug-likeness (QED) is 0.894. The Morgan fingerprint density at radius 3 is 3.00 bits per heavy atom. The second kappa shape index (κ2) is 5.02. The maximum absolute atomic E-state index is 5.82. The van der Waals surface area contributed by atoms with E-state index in [-0.39, 0.29) is 11.6 Å². The normalized spacial score (nSPS) is 22.6. The lowest BCUT2D eigenvalue weighted by Gasteiger charge is -2.37. The van der Waals surface area contributed by atoms with E-state index in [9.17, 15) is 0 Å². The molecule has 1 aromatic rings. The maximum atomic E-state index is 5.82. The molecule has 1 unspecified atom stereocenters. The van der Waals surface area contributed by atoms with E-state index < -0.39 is 0 Å². The third-order valence-electron chi connectivity index (χ3n) is 2.85. The summed E-state index contributed by atoms with van der Waals surface area (Å²) in [6.07, 6.45) is 0. The van der Waals surface area contributed by atoms with Gasteiger partial charge in [0.1, 0.15) is 5.01 Å². The molecule has 0 radical (unpaired) electrons. The van der Waals surface area contributed by atoms with Crippen LogP contribution in [0.1, 0.15) is 37.5 Å². The van der Waals surface area contributed by atoms with Crippen molar-refractivity contribution in [3.05, 3.63) is 16.1 Å². The van der Waals surface area contributed by atoms with Crippen LogP contribution in [0, 0.1) is 0 Å². The third-order valence-corrected chi connectivity index (χ3v) is 3.94. The summed E-state index contributed by atoms with van der Waals surface area (Å²) in [6.45, 7) is 9.88. The number of morpholine rings is 1. The van der Waals surface area contributed by atoms with E-state index >= 15 is 0 Å². The van der Waals surface area contributed by atoms with Gasteiger partial charge in [0.25, 0.3) is 0 Å². The van der Waals surface area contributed by atoms with Crippen LogP contribution < -0.4 is 5.73 Å². The SMILES string of the molecule is CC(N)c1nc(CN2CCOC(C)(C)C2)cs1. The van der Waals surface area contributed by atoms with Crippen LogP contribution in [-0.2, 0) is 11.3 Å². The molecule has 1 fully saturated rings. The second-order valence-electron chi connectivity index (χ2n) is 5.28. The molecule has 1 saturated heterocycles. The first-order valence-corrected chi connectivity index (χ1v) is 6.90. The average Bonchev–Trinajstić information content (AvgIpc) is 2.64. The molecule has 2 rings (SSSR count). The number of hydrogen-bond donors (Lipinski definition) is 1. The van der Waals surface area contributed by atoms with E-state index in [0.717, 1.165) is 36.9 Å². The van der Waals surface area contributed by atoms with E-state index in [4.69, 9.17) is 10.5 Å². The van der Waals surface area contributed by atoms with Gasteiger partial charge in [0.2, 0.25) is 0 Å². The van der Waals surface area contributed by atoms with Gasteiger partial charge in [0.05, 0.1) is 23.9 Å². The zero-order valence-electron chi connectivity index (χ0n) is 10.8. The fourth-order valence-corrected chi connectivity index (χ4v) is 2.85. The Hall–Kier alpha value is -0.490. The number of ether oxygens (including phenoxy) is 1. The van der Waals surface area contributed by atoms with Crippen molar-refractivity contribution in [3.8, 4) is 0 Å². The summed E-state index contributed by atoms with van der Waals surface area (Å²) >= 11 is 1.65. The van der Waals surface area contributed by atoms with Crippen molar-refractivity contribution in [1.82, 2.24) is 9.88 Å². The lowest BCUT2D eigenvalue weighted by molar-refractivity contribution is -0.0884. The number of thiazole rings is 1. The van der Waals surface area contributed by atoms with Gasteiger partial charge in [-0.1, -0.05) is 0 Å². The first kappa shape index (κ1) is 13.0. The summed E-state index contributed by atoms with van der Waals surface area (Å²) in [5, 5.41) is 3.13. The van der Waals surface area contributed by atoms with E-state index in [1.165, 1.54) is 0 Å². The van der Waals surface area contributed by atoms with Gasteiger partial charge >= 0.3 is 0 Å². The zero-order chi connectivity index (χ0) is 12.5. The van der Waals surface area contributed by atoms with E-state index in [1.807, 2.05) is 6.92 Å². The van der Waals surface area contributed by atoms with Gasteiger partial charge in [-0.15, -0.1) is 11.3 Å². The average molecular weight is 255 g/mol. The first-order chi connectivity index (χ1) is 7.96. The monoisotopic (exact) mass is 255 g/mol. The molecule has 0 bridgehead atoms. The Morgan fingerprint density at radius 2 is 2.41 bits per heavy atom. The van der Waals surface area contributed by atoms with Crippen LogP contribution in [-0.4, -0.2) is 35.2 Å². The minimum atomic E-state index is -0.0434. The molecule has 0 amide bonds. The molecule has 0 aromatic carbocycles. The molecule has 2 heterocycles. The van der Waals surface area contributed by atoms with Crippen LogP contribution in [0.25, 0.3) is 0 Å². The van der Waals surface area contributed by atoms with Crippen LogP contribution >= 0.6 is 11.3 Å². The number of aromatic nitrogens is 1. The van der Waals surface area contributed by atoms with Gasteiger partial charge < -0.3 is 10.5 Å². The molecule has 0 saturated carbocycles. The molecule has 5 heteroatoms. The number of hydrogen-bond acceptors (Lipinski definition) is 5. The summed E-state index contributed by atoms with van der Waals surface area (Å²) in [6, 6.07) is 0.0369. The molecule has 4 nitrogen and oxygen atoms in total. The minimum absolute atomic E-state index is 0.0369. The van der Waals surface area contributed by atoms with Crippen molar-refractivity contribution in [3.63, 3.8) is 0 Å². The van der Waals surface area contributed by atoms with E-state index in [0.29, 0.717) is 0 Å². The van der Waals surface area contributed by atoms with Crippen molar-refractivity contribution in [2.75, 3.05) is 19.7 Å². The van der Waals surface area contributed by atoms with Gasteiger partial charge in [-0.3, -0.25) is 4.90 Å². The molecule has 96 valence electrons. The zero-order valence-corrected chi connectivity index (χ0v) is 11.6. The van der Waals surface area contributed by atoms with Gasteiger partial charge in [-0.25, -0.2) is 4.98 Å². The molecule has 0 spiro atoms.